The first-order valence-electron chi connectivity index (χ1n) is 14.1. The maximum atomic E-state index is 6.18. The summed E-state index contributed by atoms with van der Waals surface area (Å²) in [5.74, 6) is 0.839. The molecule has 0 fully saturated rings. The maximum Gasteiger partial charge on any atom is 0.117 e. The van der Waals surface area contributed by atoms with Crippen LogP contribution in [0.25, 0.3) is 0 Å². The lowest BCUT2D eigenvalue weighted by Gasteiger charge is -2.16. The van der Waals surface area contributed by atoms with Crippen LogP contribution in [0, 0.1) is 0 Å². The summed E-state index contributed by atoms with van der Waals surface area (Å²) < 4.78 is 2.31. The number of aromatic nitrogens is 2. The number of benzene rings is 4. The second-order valence-corrected chi connectivity index (χ2v) is 10.9. The van der Waals surface area contributed by atoms with Crippen LogP contribution in [0.2, 0.25) is 10.0 Å². The lowest BCUT2D eigenvalue weighted by molar-refractivity contribution is 0.576. The maximum absolute atomic E-state index is 6.18. The third kappa shape index (κ3) is 8.37. The average molecular weight is 567 g/mol. The molecule has 0 radical (unpaired) electrons. The number of hydrogen-bond acceptors (Lipinski definition) is 1. The molecular weight excluding hydrogens is 530 g/mol. The molecule has 0 aliphatic carbocycles. The van der Waals surface area contributed by atoms with Crippen LogP contribution in [0.3, 0.4) is 0 Å². The molecule has 0 saturated heterocycles. The fraction of sp³-hybridized carbons (Fsp3) is 0.229. The third-order valence-corrected chi connectivity index (χ3v) is 8.23. The summed E-state index contributed by atoms with van der Waals surface area (Å²) in [6.45, 7) is 3.28. The van der Waals surface area contributed by atoms with Crippen LogP contribution in [-0.4, -0.2) is 17.4 Å². The molecule has 5 aromatic rings. The van der Waals surface area contributed by atoms with Gasteiger partial charge in [-0.1, -0.05) is 127 Å². The minimum Gasteiger partial charge on any atom is -0.334 e. The van der Waals surface area contributed by atoms with Crippen molar-refractivity contribution in [2.24, 2.45) is 0 Å². The second kappa shape index (κ2) is 15.5. The topological polar surface area (TPSA) is 17.8 Å². The molecular formula is C35H37BCl2N2. The highest BCUT2D eigenvalue weighted by atomic mass is 35.5. The number of rotatable bonds is 10. The quantitative estimate of drug-likeness (QED) is 0.154. The zero-order valence-electron chi connectivity index (χ0n) is 23.4. The zero-order valence-corrected chi connectivity index (χ0v) is 24.9. The lowest BCUT2D eigenvalue weighted by atomic mass is 9.76. The van der Waals surface area contributed by atoms with E-state index >= 15 is 0 Å². The largest absolute Gasteiger partial charge is 0.334 e. The van der Waals surface area contributed by atoms with Gasteiger partial charge in [0.15, 0.2) is 0 Å². The van der Waals surface area contributed by atoms with E-state index in [9.17, 15) is 0 Å². The Morgan fingerprint density at radius 1 is 0.725 bits per heavy atom. The monoisotopic (exact) mass is 566 g/mol. The summed E-state index contributed by atoms with van der Waals surface area (Å²) in [4.78, 5) is 4.37. The number of imidazole rings is 1. The van der Waals surface area contributed by atoms with Crippen LogP contribution in [0.5, 0.6) is 0 Å². The average Bonchev–Trinajstić information content (AvgIpc) is 3.45. The molecule has 5 rings (SSSR count). The Bertz CT molecular complexity index is 1390. The molecule has 0 aliphatic rings. The summed E-state index contributed by atoms with van der Waals surface area (Å²) in [6.07, 6.45) is 8.51. The first kappa shape index (κ1) is 29.7. The van der Waals surface area contributed by atoms with Gasteiger partial charge in [-0.3, -0.25) is 0 Å². The first-order valence-corrected chi connectivity index (χ1v) is 14.9. The van der Waals surface area contributed by atoms with Crippen molar-refractivity contribution in [2.45, 2.75) is 50.9 Å². The molecule has 1 unspecified atom stereocenters. The van der Waals surface area contributed by atoms with E-state index in [0.717, 1.165) is 40.6 Å². The van der Waals surface area contributed by atoms with E-state index in [4.69, 9.17) is 23.2 Å². The fourth-order valence-electron chi connectivity index (χ4n) is 5.13. The number of hydrogen-bond donors (Lipinski definition) is 0. The van der Waals surface area contributed by atoms with Gasteiger partial charge in [-0.15, -0.1) is 0 Å². The third-order valence-electron chi connectivity index (χ3n) is 7.54. The van der Waals surface area contributed by atoms with E-state index in [-0.39, 0.29) is 5.82 Å². The van der Waals surface area contributed by atoms with Gasteiger partial charge in [0, 0.05) is 28.5 Å². The fourth-order valence-corrected chi connectivity index (χ4v) is 5.72. The molecule has 0 bridgehead atoms. The Balaban J connectivity index is 0.000000201. The van der Waals surface area contributed by atoms with Crippen molar-refractivity contribution >= 4 is 31.0 Å². The molecule has 0 N–H and O–H groups in total. The Kier molecular flexibility index (Phi) is 11.5. The Labute approximate surface area is 250 Å². The van der Waals surface area contributed by atoms with Crippen LogP contribution in [0.4, 0.5) is 0 Å². The molecule has 40 heavy (non-hydrogen) atoms. The van der Waals surface area contributed by atoms with E-state index in [1.807, 2.05) is 61.1 Å². The minimum absolute atomic E-state index is 0.211. The van der Waals surface area contributed by atoms with Gasteiger partial charge in [0.2, 0.25) is 0 Å². The summed E-state index contributed by atoms with van der Waals surface area (Å²) in [5, 5.41) is 1.57. The predicted molar refractivity (Wildman–Crippen MR) is 173 cm³/mol. The van der Waals surface area contributed by atoms with Gasteiger partial charge in [0.1, 0.15) is 7.85 Å². The van der Waals surface area contributed by atoms with Crippen molar-refractivity contribution in [3.05, 3.63) is 160 Å². The van der Waals surface area contributed by atoms with Gasteiger partial charge in [-0.05, 0) is 71.8 Å². The van der Waals surface area contributed by atoms with Crippen molar-refractivity contribution in [3.8, 4) is 0 Å². The van der Waals surface area contributed by atoms with Crippen molar-refractivity contribution < 1.29 is 0 Å². The van der Waals surface area contributed by atoms with Gasteiger partial charge < -0.3 is 4.57 Å². The van der Waals surface area contributed by atoms with Crippen molar-refractivity contribution in [1.82, 2.24) is 9.55 Å². The lowest BCUT2D eigenvalue weighted by Crippen LogP contribution is -2.07. The molecule has 204 valence electrons. The molecule has 0 amide bonds. The highest BCUT2D eigenvalue weighted by Crippen LogP contribution is 2.31. The molecule has 1 aromatic heterocycles. The van der Waals surface area contributed by atoms with Gasteiger partial charge in [0.25, 0.3) is 0 Å². The molecule has 2 nitrogen and oxygen atoms in total. The Hall–Kier alpha value is -3.27. The van der Waals surface area contributed by atoms with Crippen LogP contribution in [0.15, 0.2) is 122 Å². The highest BCUT2D eigenvalue weighted by molar-refractivity contribution is 6.34. The van der Waals surface area contributed by atoms with Gasteiger partial charge in [-0.2, -0.15) is 0 Å². The standard InChI is InChI=1S/C22H26N2.C13H11BCl2/c1-2-20(21-11-7-4-8-12-21)13-14-22-17-23-18-24(22)16-15-19-9-5-3-6-10-19;14-13(9-5-1-3-7-11(9)15)10-6-2-4-8-12(10)16/h3-12,17-18,20H,2,13-16H2,1H3;1-8,13H,14H2. The van der Waals surface area contributed by atoms with Crippen LogP contribution in [0.1, 0.15) is 59.4 Å². The van der Waals surface area contributed by atoms with E-state index in [0.29, 0.717) is 5.92 Å². The van der Waals surface area contributed by atoms with Gasteiger partial charge >= 0.3 is 0 Å². The Morgan fingerprint density at radius 3 is 1.85 bits per heavy atom. The highest BCUT2D eigenvalue weighted by Gasteiger charge is 2.14. The summed E-state index contributed by atoms with van der Waals surface area (Å²) >= 11 is 12.4. The molecule has 1 atom stereocenters. The number of aryl methyl sites for hydroxylation is 3. The molecule has 0 spiro atoms. The summed E-state index contributed by atoms with van der Waals surface area (Å²) in [6, 6.07) is 37.3. The predicted octanol–water partition coefficient (Wildman–Crippen LogP) is 8.97. The molecule has 0 aliphatic heterocycles. The normalized spacial score (nSPS) is 11.6. The number of nitrogens with zero attached hydrogens (tertiary/aromatic N) is 2. The summed E-state index contributed by atoms with van der Waals surface area (Å²) in [7, 11) is 2.11. The van der Waals surface area contributed by atoms with Gasteiger partial charge in [0.05, 0.1) is 6.33 Å². The van der Waals surface area contributed by atoms with Crippen molar-refractivity contribution in [3.63, 3.8) is 0 Å². The molecule has 5 heteroatoms. The van der Waals surface area contributed by atoms with Crippen LogP contribution < -0.4 is 0 Å². The van der Waals surface area contributed by atoms with Crippen LogP contribution >= 0.6 is 23.2 Å². The zero-order chi connectivity index (χ0) is 28.2. The molecule has 0 saturated carbocycles. The van der Waals surface area contributed by atoms with Crippen molar-refractivity contribution in [2.75, 3.05) is 0 Å². The number of halogens is 2. The molecule has 1 heterocycles. The van der Waals surface area contributed by atoms with E-state index in [1.165, 1.54) is 29.7 Å². The van der Waals surface area contributed by atoms with Crippen molar-refractivity contribution in [1.29, 1.82) is 0 Å². The molecule has 4 aromatic carbocycles. The van der Waals surface area contributed by atoms with Gasteiger partial charge in [-0.25, -0.2) is 4.98 Å². The Morgan fingerprint density at radius 2 is 1.27 bits per heavy atom. The second-order valence-electron chi connectivity index (χ2n) is 10.1. The van der Waals surface area contributed by atoms with E-state index in [2.05, 4.69) is 85.0 Å². The minimum atomic E-state index is 0.211. The van der Waals surface area contributed by atoms with Crippen LogP contribution in [-0.2, 0) is 19.4 Å². The van der Waals surface area contributed by atoms with E-state index < -0.39 is 0 Å². The first-order chi connectivity index (χ1) is 19.6. The van der Waals surface area contributed by atoms with E-state index in [1.54, 1.807) is 0 Å². The SMILES string of the molecule is BC(c1ccccc1Cl)c1ccccc1Cl.CCC(CCc1cncn1CCc1ccccc1)c1ccccc1. The summed E-state index contributed by atoms with van der Waals surface area (Å²) in [5.41, 5.74) is 6.40. The smallest absolute Gasteiger partial charge is 0.117 e.